The largest absolute Gasteiger partial charge is 0.489 e. The number of hydrogen-bond donors (Lipinski definition) is 1. The van der Waals surface area contributed by atoms with Crippen molar-refractivity contribution in [1.29, 1.82) is 0 Å². The molecule has 0 aliphatic carbocycles. The second-order valence-corrected chi connectivity index (χ2v) is 5.64. The Labute approximate surface area is 133 Å². The van der Waals surface area contributed by atoms with E-state index in [-0.39, 0.29) is 5.82 Å². The zero-order valence-electron chi connectivity index (χ0n) is 12.0. The van der Waals surface area contributed by atoms with Crippen LogP contribution in [-0.4, -0.2) is 13.1 Å². The van der Waals surface area contributed by atoms with Crippen LogP contribution in [0, 0.1) is 5.82 Å². The molecule has 0 saturated carbocycles. The zero-order valence-corrected chi connectivity index (χ0v) is 13.6. The Morgan fingerprint density at radius 2 is 1.81 bits per heavy atom. The van der Waals surface area contributed by atoms with E-state index in [1.165, 1.54) is 11.6 Å². The van der Waals surface area contributed by atoms with E-state index in [1.54, 1.807) is 12.1 Å². The van der Waals surface area contributed by atoms with Crippen molar-refractivity contribution in [2.75, 3.05) is 13.1 Å². The highest BCUT2D eigenvalue weighted by Gasteiger charge is 2.02. The lowest BCUT2D eigenvalue weighted by Gasteiger charge is -2.08. The third-order valence-corrected chi connectivity index (χ3v) is 3.80. The van der Waals surface area contributed by atoms with Gasteiger partial charge in [0, 0.05) is 6.07 Å². The van der Waals surface area contributed by atoms with Crippen molar-refractivity contribution in [1.82, 2.24) is 5.32 Å². The summed E-state index contributed by atoms with van der Waals surface area (Å²) in [4.78, 5) is 0. The summed E-state index contributed by atoms with van der Waals surface area (Å²) in [6.07, 6.45) is 1.02. The van der Waals surface area contributed by atoms with E-state index < -0.39 is 0 Å². The van der Waals surface area contributed by atoms with Crippen molar-refractivity contribution in [3.63, 3.8) is 0 Å². The molecule has 0 atom stereocenters. The van der Waals surface area contributed by atoms with Gasteiger partial charge in [-0.25, -0.2) is 4.39 Å². The Morgan fingerprint density at radius 3 is 2.48 bits per heavy atom. The Kier molecular flexibility index (Phi) is 6.21. The minimum Gasteiger partial charge on any atom is -0.489 e. The standard InChI is InChI=1S/C17H19BrFNO/c1-2-20-10-9-13-3-5-14(6-4-13)12-21-15-7-8-16(18)17(19)11-15/h3-8,11,20H,2,9-10,12H2,1H3. The molecule has 0 aliphatic heterocycles. The number of ether oxygens (including phenoxy) is 1. The average Bonchev–Trinajstić information content (AvgIpc) is 2.50. The maximum atomic E-state index is 13.4. The Balaban J connectivity index is 1.86. The van der Waals surface area contributed by atoms with Gasteiger partial charge in [0.15, 0.2) is 0 Å². The van der Waals surface area contributed by atoms with Crippen molar-refractivity contribution in [2.45, 2.75) is 20.0 Å². The Morgan fingerprint density at radius 1 is 1.10 bits per heavy atom. The molecule has 4 heteroatoms. The van der Waals surface area contributed by atoms with Crippen LogP contribution < -0.4 is 10.1 Å². The molecule has 0 radical (unpaired) electrons. The molecule has 2 aromatic carbocycles. The van der Waals surface area contributed by atoms with E-state index in [2.05, 4.69) is 52.4 Å². The molecule has 2 rings (SSSR count). The van der Waals surface area contributed by atoms with Crippen LogP contribution in [-0.2, 0) is 13.0 Å². The summed E-state index contributed by atoms with van der Waals surface area (Å²) in [5.74, 6) is 0.221. The van der Waals surface area contributed by atoms with E-state index in [9.17, 15) is 4.39 Å². The van der Waals surface area contributed by atoms with Crippen molar-refractivity contribution in [2.24, 2.45) is 0 Å². The minimum absolute atomic E-state index is 0.314. The molecule has 0 fully saturated rings. The lowest BCUT2D eigenvalue weighted by molar-refractivity contribution is 0.304. The summed E-state index contributed by atoms with van der Waals surface area (Å²) in [6.45, 7) is 4.53. The molecular formula is C17H19BrFNO. The van der Waals surface area contributed by atoms with Gasteiger partial charge in [-0.15, -0.1) is 0 Å². The molecule has 0 aliphatic rings. The molecule has 0 bridgehead atoms. The molecule has 21 heavy (non-hydrogen) atoms. The van der Waals surface area contributed by atoms with Crippen molar-refractivity contribution in [3.8, 4) is 5.75 Å². The van der Waals surface area contributed by atoms with Gasteiger partial charge in [-0.05, 0) is 58.7 Å². The average molecular weight is 352 g/mol. The topological polar surface area (TPSA) is 21.3 Å². The van der Waals surface area contributed by atoms with Gasteiger partial charge in [-0.2, -0.15) is 0 Å². The lowest BCUT2D eigenvalue weighted by atomic mass is 10.1. The smallest absolute Gasteiger partial charge is 0.141 e. The number of halogens is 2. The van der Waals surface area contributed by atoms with Crippen LogP contribution in [0.5, 0.6) is 5.75 Å². The first-order valence-corrected chi connectivity index (χ1v) is 7.84. The molecule has 1 N–H and O–H groups in total. The molecule has 0 saturated heterocycles. The number of likely N-dealkylation sites (N-methyl/N-ethyl adjacent to an activating group) is 1. The fourth-order valence-electron chi connectivity index (χ4n) is 1.94. The molecule has 0 unspecified atom stereocenters. The summed E-state index contributed by atoms with van der Waals surface area (Å²) in [5.41, 5.74) is 2.37. The SMILES string of the molecule is CCNCCc1ccc(COc2ccc(Br)c(F)c2)cc1. The molecule has 0 heterocycles. The molecule has 2 aromatic rings. The van der Waals surface area contributed by atoms with Gasteiger partial charge < -0.3 is 10.1 Å². The minimum atomic E-state index is -0.314. The molecule has 2 nitrogen and oxygen atoms in total. The van der Waals surface area contributed by atoms with Crippen LogP contribution in [0.1, 0.15) is 18.1 Å². The highest BCUT2D eigenvalue weighted by Crippen LogP contribution is 2.21. The summed E-state index contributed by atoms with van der Waals surface area (Å²) < 4.78 is 19.4. The fourth-order valence-corrected chi connectivity index (χ4v) is 2.19. The Bertz CT molecular complexity index is 572. The maximum absolute atomic E-state index is 13.4. The van der Waals surface area contributed by atoms with Gasteiger partial charge in [0.1, 0.15) is 18.2 Å². The van der Waals surface area contributed by atoms with E-state index in [0.717, 1.165) is 25.1 Å². The van der Waals surface area contributed by atoms with E-state index in [0.29, 0.717) is 16.8 Å². The summed E-state index contributed by atoms with van der Waals surface area (Å²) >= 11 is 3.12. The van der Waals surface area contributed by atoms with Crippen LogP contribution in [0.2, 0.25) is 0 Å². The van der Waals surface area contributed by atoms with Gasteiger partial charge in [-0.3, -0.25) is 0 Å². The van der Waals surface area contributed by atoms with Crippen LogP contribution >= 0.6 is 15.9 Å². The van der Waals surface area contributed by atoms with Crippen molar-refractivity contribution in [3.05, 3.63) is 63.9 Å². The van der Waals surface area contributed by atoms with Crippen molar-refractivity contribution < 1.29 is 9.13 Å². The number of benzene rings is 2. The first kappa shape index (κ1) is 16.0. The Hall–Kier alpha value is -1.39. The first-order chi connectivity index (χ1) is 10.2. The normalized spacial score (nSPS) is 10.6. The van der Waals surface area contributed by atoms with Crippen LogP contribution in [0.4, 0.5) is 4.39 Å². The van der Waals surface area contributed by atoms with Gasteiger partial charge in [-0.1, -0.05) is 31.2 Å². The van der Waals surface area contributed by atoms with Gasteiger partial charge in [0.2, 0.25) is 0 Å². The third-order valence-electron chi connectivity index (χ3n) is 3.16. The van der Waals surface area contributed by atoms with Crippen LogP contribution in [0.25, 0.3) is 0 Å². The first-order valence-electron chi connectivity index (χ1n) is 7.05. The number of nitrogens with one attached hydrogen (secondary N) is 1. The molecule has 0 amide bonds. The molecule has 112 valence electrons. The van der Waals surface area contributed by atoms with E-state index in [1.807, 2.05) is 0 Å². The zero-order chi connectivity index (χ0) is 15.1. The summed E-state index contributed by atoms with van der Waals surface area (Å²) in [6, 6.07) is 13.1. The van der Waals surface area contributed by atoms with Gasteiger partial charge in [0.25, 0.3) is 0 Å². The second-order valence-electron chi connectivity index (χ2n) is 4.78. The van der Waals surface area contributed by atoms with Gasteiger partial charge >= 0.3 is 0 Å². The fraction of sp³-hybridized carbons (Fsp3) is 0.294. The highest BCUT2D eigenvalue weighted by molar-refractivity contribution is 9.10. The summed E-state index contributed by atoms with van der Waals surface area (Å²) in [7, 11) is 0. The number of hydrogen-bond acceptors (Lipinski definition) is 2. The monoisotopic (exact) mass is 351 g/mol. The maximum Gasteiger partial charge on any atom is 0.141 e. The lowest BCUT2D eigenvalue weighted by Crippen LogP contribution is -2.15. The molecule has 0 aromatic heterocycles. The summed E-state index contributed by atoms with van der Waals surface area (Å²) in [5, 5.41) is 3.30. The van der Waals surface area contributed by atoms with E-state index >= 15 is 0 Å². The highest BCUT2D eigenvalue weighted by atomic mass is 79.9. The third kappa shape index (κ3) is 5.14. The van der Waals surface area contributed by atoms with E-state index in [4.69, 9.17) is 4.74 Å². The van der Waals surface area contributed by atoms with Crippen LogP contribution in [0.15, 0.2) is 46.9 Å². The van der Waals surface area contributed by atoms with Crippen LogP contribution in [0.3, 0.4) is 0 Å². The van der Waals surface area contributed by atoms with Gasteiger partial charge in [0.05, 0.1) is 4.47 Å². The quantitative estimate of drug-likeness (QED) is 0.750. The molecular weight excluding hydrogens is 333 g/mol. The van der Waals surface area contributed by atoms with Crippen molar-refractivity contribution >= 4 is 15.9 Å². The predicted molar refractivity (Wildman–Crippen MR) is 87.1 cm³/mol. The molecule has 0 spiro atoms. The number of rotatable bonds is 7. The second kappa shape index (κ2) is 8.15. The predicted octanol–water partition coefficient (Wildman–Crippen LogP) is 4.32.